The van der Waals surface area contributed by atoms with E-state index in [9.17, 15) is 14.9 Å². The number of likely N-dealkylation sites (tertiary alicyclic amines) is 1. The first-order valence-corrected chi connectivity index (χ1v) is 10.5. The number of aryl methyl sites for hydroxylation is 1. The molecule has 0 aliphatic carbocycles. The van der Waals surface area contributed by atoms with Gasteiger partial charge in [-0.3, -0.25) is 0 Å². The maximum atomic E-state index is 12.3. The number of hydrogen-bond donors (Lipinski definition) is 1. The zero-order valence-corrected chi connectivity index (χ0v) is 18.7. The minimum atomic E-state index is -0.528. The summed E-state index contributed by atoms with van der Waals surface area (Å²) in [4.78, 5) is 26.3. The molecule has 0 spiro atoms. The third kappa shape index (κ3) is 4.90. The second-order valence-electron chi connectivity index (χ2n) is 8.61. The highest BCUT2D eigenvalue weighted by atomic mass is 16.6. The Morgan fingerprint density at radius 3 is 2.58 bits per heavy atom. The van der Waals surface area contributed by atoms with E-state index in [-0.39, 0.29) is 18.7 Å². The zero-order valence-electron chi connectivity index (χ0n) is 18.7. The Bertz CT molecular complexity index is 1020. The lowest BCUT2D eigenvalue weighted by Gasteiger charge is -2.34. The topological polar surface area (TPSA) is 109 Å². The molecule has 0 radical (unpaired) electrons. The summed E-state index contributed by atoms with van der Waals surface area (Å²) in [6.45, 7) is 10.5. The van der Waals surface area contributed by atoms with E-state index in [0.717, 1.165) is 0 Å². The molecule has 3 rings (SSSR count). The molecule has 0 saturated carbocycles. The number of amides is 1. The normalized spacial score (nSPS) is 14.9. The first-order chi connectivity index (χ1) is 14.6. The Kier molecular flexibility index (Phi) is 6.39. The number of hydrogen-bond acceptors (Lipinski definition) is 7. The Labute approximate surface area is 181 Å². The van der Waals surface area contributed by atoms with Gasteiger partial charge < -0.3 is 19.7 Å². The Balaban J connectivity index is 1.81. The number of carbonyl (C=O) groups excluding carboxylic acids is 2. The minimum absolute atomic E-state index is 0.0670. The van der Waals surface area contributed by atoms with E-state index >= 15 is 0 Å². The summed E-state index contributed by atoms with van der Waals surface area (Å²) < 4.78 is 12.2. The summed E-state index contributed by atoms with van der Waals surface area (Å²) in [5, 5.41) is 17.4. The molecular formula is C22H29N5O4. The van der Waals surface area contributed by atoms with Gasteiger partial charge in [-0.2, -0.15) is 10.4 Å². The predicted molar refractivity (Wildman–Crippen MR) is 115 cm³/mol. The van der Waals surface area contributed by atoms with Gasteiger partial charge in [0.15, 0.2) is 0 Å². The van der Waals surface area contributed by atoms with E-state index in [4.69, 9.17) is 9.47 Å². The molecule has 2 aromatic heterocycles. The van der Waals surface area contributed by atoms with E-state index < -0.39 is 11.6 Å². The van der Waals surface area contributed by atoms with Crippen molar-refractivity contribution in [1.82, 2.24) is 14.5 Å². The number of fused-ring (bicyclic) bond motifs is 1. The largest absolute Gasteiger partial charge is 0.462 e. The average molecular weight is 428 g/mol. The monoisotopic (exact) mass is 427 g/mol. The van der Waals surface area contributed by atoms with Gasteiger partial charge in [0.1, 0.15) is 11.7 Å². The standard InChI is InChI=1S/C22H29N5O4/c1-6-30-20(28)17-13-27-19(14(17)2)18(15(11-23)12-24-27)25-16-7-9-26(10-8-16)21(29)31-22(3,4)5/h12-13,16,25H,6-10H2,1-5H3. The van der Waals surface area contributed by atoms with Crippen LogP contribution in [0.2, 0.25) is 0 Å². The van der Waals surface area contributed by atoms with Crippen LogP contribution in [0.1, 0.15) is 62.0 Å². The molecule has 9 nitrogen and oxygen atoms in total. The van der Waals surface area contributed by atoms with Crippen LogP contribution in [-0.4, -0.2) is 57.9 Å². The van der Waals surface area contributed by atoms with Crippen molar-refractivity contribution in [2.45, 2.75) is 59.1 Å². The first-order valence-electron chi connectivity index (χ1n) is 10.5. The molecule has 31 heavy (non-hydrogen) atoms. The van der Waals surface area contributed by atoms with Crippen LogP contribution < -0.4 is 5.32 Å². The van der Waals surface area contributed by atoms with E-state index in [0.29, 0.717) is 53.8 Å². The molecule has 1 N–H and O–H groups in total. The highest BCUT2D eigenvalue weighted by Crippen LogP contribution is 2.30. The van der Waals surface area contributed by atoms with Gasteiger partial charge in [-0.15, -0.1) is 0 Å². The number of carbonyl (C=O) groups is 2. The van der Waals surface area contributed by atoms with Gasteiger partial charge in [-0.25, -0.2) is 14.1 Å². The number of piperidine rings is 1. The predicted octanol–water partition coefficient (Wildman–Crippen LogP) is 3.50. The van der Waals surface area contributed by atoms with Crippen LogP contribution in [0.4, 0.5) is 10.5 Å². The second kappa shape index (κ2) is 8.84. The van der Waals surface area contributed by atoms with Crippen molar-refractivity contribution in [1.29, 1.82) is 5.26 Å². The molecule has 1 amide bonds. The van der Waals surface area contributed by atoms with Crippen molar-refractivity contribution < 1.29 is 19.1 Å². The number of nitrogens with zero attached hydrogens (tertiary/aromatic N) is 4. The van der Waals surface area contributed by atoms with Crippen LogP contribution in [-0.2, 0) is 9.47 Å². The molecule has 166 valence electrons. The van der Waals surface area contributed by atoms with Gasteiger partial charge in [-0.05, 0) is 53.0 Å². The van der Waals surface area contributed by atoms with Crippen molar-refractivity contribution in [2.75, 3.05) is 25.0 Å². The van der Waals surface area contributed by atoms with E-state index in [1.54, 1.807) is 22.5 Å². The smallest absolute Gasteiger partial charge is 0.410 e. The quantitative estimate of drug-likeness (QED) is 0.744. The van der Waals surface area contributed by atoms with Crippen LogP contribution in [0.5, 0.6) is 0 Å². The lowest BCUT2D eigenvalue weighted by atomic mass is 10.0. The number of anilines is 1. The minimum Gasteiger partial charge on any atom is -0.462 e. The molecule has 1 aliphatic rings. The second-order valence-corrected chi connectivity index (χ2v) is 8.61. The highest BCUT2D eigenvalue weighted by Gasteiger charge is 2.28. The number of rotatable bonds is 4. The molecule has 1 fully saturated rings. The van der Waals surface area contributed by atoms with Gasteiger partial charge in [0.05, 0.1) is 35.1 Å². The van der Waals surface area contributed by atoms with E-state index in [1.807, 2.05) is 27.7 Å². The number of ether oxygens (including phenoxy) is 2. The Hall–Kier alpha value is -3.28. The molecule has 0 aromatic carbocycles. The third-order valence-electron chi connectivity index (χ3n) is 5.17. The van der Waals surface area contributed by atoms with Crippen molar-refractivity contribution in [3.8, 4) is 6.07 Å². The molecule has 0 unspecified atom stereocenters. The van der Waals surface area contributed by atoms with Crippen molar-refractivity contribution in [3.05, 3.63) is 29.1 Å². The number of nitrogens with one attached hydrogen (secondary N) is 1. The molecule has 1 aliphatic heterocycles. The van der Waals surface area contributed by atoms with Crippen LogP contribution in [0.15, 0.2) is 12.4 Å². The highest BCUT2D eigenvalue weighted by molar-refractivity contribution is 5.96. The molecular weight excluding hydrogens is 398 g/mol. The lowest BCUT2D eigenvalue weighted by molar-refractivity contribution is 0.0210. The fourth-order valence-electron chi connectivity index (χ4n) is 3.67. The summed E-state index contributed by atoms with van der Waals surface area (Å²) in [5.74, 6) is -0.416. The zero-order chi connectivity index (χ0) is 22.8. The molecule has 0 bridgehead atoms. The number of aromatic nitrogens is 2. The fourth-order valence-corrected chi connectivity index (χ4v) is 3.67. The fraction of sp³-hybridized carbons (Fsp3) is 0.545. The van der Waals surface area contributed by atoms with Gasteiger partial charge in [0.2, 0.25) is 0 Å². The average Bonchev–Trinajstić information content (AvgIpc) is 3.05. The summed E-state index contributed by atoms with van der Waals surface area (Å²) in [5.41, 5.74) is 2.32. The number of esters is 1. The molecule has 0 atom stereocenters. The maximum Gasteiger partial charge on any atom is 0.410 e. The van der Waals surface area contributed by atoms with E-state index in [2.05, 4.69) is 16.5 Å². The summed E-state index contributed by atoms with van der Waals surface area (Å²) in [6.07, 6.45) is 4.22. The summed E-state index contributed by atoms with van der Waals surface area (Å²) >= 11 is 0. The third-order valence-corrected chi connectivity index (χ3v) is 5.17. The maximum absolute atomic E-state index is 12.3. The SMILES string of the molecule is CCOC(=O)c1cn2ncc(C#N)c(NC3CCN(C(=O)OC(C)(C)C)CC3)c2c1C. The molecule has 1 saturated heterocycles. The van der Waals surface area contributed by atoms with Crippen molar-refractivity contribution >= 4 is 23.3 Å². The first kappa shape index (κ1) is 22.4. The summed E-state index contributed by atoms with van der Waals surface area (Å²) in [7, 11) is 0. The van der Waals surface area contributed by atoms with Crippen LogP contribution in [0.3, 0.4) is 0 Å². The number of nitriles is 1. The molecule has 3 heterocycles. The Morgan fingerprint density at radius 1 is 1.32 bits per heavy atom. The molecule has 9 heteroatoms. The van der Waals surface area contributed by atoms with E-state index in [1.165, 1.54) is 6.20 Å². The van der Waals surface area contributed by atoms with Gasteiger partial charge in [-0.1, -0.05) is 0 Å². The van der Waals surface area contributed by atoms with Crippen LogP contribution in [0.25, 0.3) is 5.52 Å². The summed E-state index contributed by atoms with van der Waals surface area (Å²) in [6, 6.07) is 2.25. The van der Waals surface area contributed by atoms with Gasteiger partial charge in [0, 0.05) is 25.3 Å². The van der Waals surface area contributed by atoms with Crippen LogP contribution >= 0.6 is 0 Å². The van der Waals surface area contributed by atoms with Crippen molar-refractivity contribution in [2.24, 2.45) is 0 Å². The van der Waals surface area contributed by atoms with Gasteiger partial charge >= 0.3 is 12.1 Å². The lowest BCUT2D eigenvalue weighted by Crippen LogP contribution is -2.44. The van der Waals surface area contributed by atoms with Crippen molar-refractivity contribution in [3.63, 3.8) is 0 Å². The molecule has 2 aromatic rings. The van der Waals surface area contributed by atoms with Crippen LogP contribution in [0, 0.1) is 18.3 Å². The van der Waals surface area contributed by atoms with Gasteiger partial charge in [0.25, 0.3) is 0 Å². The Morgan fingerprint density at radius 2 is 2.00 bits per heavy atom.